The summed E-state index contributed by atoms with van der Waals surface area (Å²) >= 11 is 0. The van der Waals surface area contributed by atoms with Crippen LogP contribution in [0, 0.1) is 6.92 Å². The second-order valence-corrected chi connectivity index (χ2v) is 5.68. The lowest BCUT2D eigenvalue weighted by Crippen LogP contribution is -1.84. The van der Waals surface area contributed by atoms with Crippen LogP contribution in [0.1, 0.15) is 18.1 Å². The van der Waals surface area contributed by atoms with Gasteiger partial charge in [-0.3, -0.25) is 0 Å². The largest absolute Gasteiger partial charge is 0.464 e. The van der Waals surface area contributed by atoms with Gasteiger partial charge in [-0.1, -0.05) is 19.1 Å². The minimum absolute atomic E-state index is 0.640. The number of fused-ring (bicyclic) bond motifs is 1. The van der Waals surface area contributed by atoms with Crippen LogP contribution in [0.25, 0.3) is 33.9 Å². The number of aromatic nitrogens is 1. The van der Waals surface area contributed by atoms with E-state index in [4.69, 9.17) is 8.83 Å². The summed E-state index contributed by atoms with van der Waals surface area (Å²) in [5.74, 6) is 1.50. The molecule has 0 saturated carbocycles. The number of rotatable bonds is 3. The van der Waals surface area contributed by atoms with Gasteiger partial charge in [0.15, 0.2) is 5.58 Å². The van der Waals surface area contributed by atoms with Gasteiger partial charge in [0.25, 0.3) is 0 Å². The first-order chi connectivity index (χ1) is 11.2. The number of nitrogens with zero attached hydrogens (tertiary/aromatic N) is 1. The number of furan rings is 1. The number of hydrogen-bond acceptors (Lipinski definition) is 3. The molecule has 0 aliphatic heterocycles. The predicted octanol–water partition coefficient (Wildman–Crippen LogP) is 5.63. The van der Waals surface area contributed by atoms with E-state index in [0.29, 0.717) is 5.89 Å². The van der Waals surface area contributed by atoms with Gasteiger partial charge in [-0.15, -0.1) is 0 Å². The van der Waals surface area contributed by atoms with E-state index in [1.54, 1.807) is 6.26 Å². The first-order valence-electron chi connectivity index (χ1n) is 7.79. The average molecular weight is 303 g/mol. The zero-order valence-corrected chi connectivity index (χ0v) is 13.2. The Hall–Kier alpha value is -2.81. The third-order valence-corrected chi connectivity index (χ3v) is 4.13. The Morgan fingerprint density at radius 1 is 1.04 bits per heavy atom. The zero-order valence-electron chi connectivity index (χ0n) is 13.2. The SMILES string of the molecule is CCc1ccc2oc(-c3ccc(C)c(-c4ccco4)c3)nc2c1. The van der Waals surface area contributed by atoms with Crippen LogP contribution in [0.2, 0.25) is 0 Å². The lowest BCUT2D eigenvalue weighted by molar-refractivity contribution is 0.582. The van der Waals surface area contributed by atoms with E-state index in [2.05, 4.69) is 43.1 Å². The standard InChI is InChI=1S/C20H17NO2/c1-3-14-7-9-19-17(11-14)21-20(23-19)15-8-6-13(2)16(12-15)18-5-4-10-22-18/h4-12H,3H2,1-2H3. The molecular weight excluding hydrogens is 286 g/mol. The Morgan fingerprint density at radius 2 is 1.96 bits per heavy atom. The molecule has 114 valence electrons. The van der Waals surface area contributed by atoms with E-state index in [-0.39, 0.29) is 0 Å². The smallest absolute Gasteiger partial charge is 0.227 e. The van der Waals surface area contributed by atoms with Crippen LogP contribution in [0.3, 0.4) is 0 Å². The molecule has 0 saturated heterocycles. The maximum Gasteiger partial charge on any atom is 0.227 e. The molecule has 0 spiro atoms. The Bertz CT molecular complexity index is 965. The predicted molar refractivity (Wildman–Crippen MR) is 91.3 cm³/mol. The molecule has 0 atom stereocenters. The molecule has 2 aromatic heterocycles. The van der Waals surface area contributed by atoms with Gasteiger partial charge in [-0.2, -0.15) is 0 Å². The third kappa shape index (κ3) is 2.44. The topological polar surface area (TPSA) is 39.2 Å². The van der Waals surface area contributed by atoms with Gasteiger partial charge in [0.1, 0.15) is 11.3 Å². The Labute approximate surface area is 134 Å². The molecule has 0 unspecified atom stereocenters. The molecule has 0 amide bonds. The Balaban J connectivity index is 1.83. The zero-order chi connectivity index (χ0) is 15.8. The normalized spacial score (nSPS) is 11.2. The van der Waals surface area contributed by atoms with Crippen molar-refractivity contribution in [3.63, 3.8) is 0 Å². The molecule has 4 aromatic rings. The third-order valence-electron chi connectivity index (χ3n) is 4.13. The molecular formula is C20H17NO2. The molecule has 0 aliphatic rings. The number of benzene rings is 2. The van der Waals surface area contributed by atoms with Gasteiger partial charge in [0, 0.05) is 11.1 Å². The summed E-state index contributed by atoms with van der Waals surface area (Å²) in [4.78, 5) is 4.65. The van der Waals surface area contributed by atoms with E-state index < -0.39 is 0 Å². The molecule has 0 aliphatic carbocycles. The number of oxazole rings is 1. The molecule has 0 fully saturated rings. The van der Waals surface area contributed by atoms with Crippen molar-refractivity contribution in [2.45, 2.75) is 20.3 Å². The molecule has 0 N–H and O–H groups in total. The molecule has 3 nitrogen and oxygen atoms in total. The monoisotopic (exact) mass is 303 g/mol. The molecule has 2 aromatic carbocycles. The van der Waals surface area contributed by atoms with E-state index in [1.165, 1.54) is 5.56 Å². The summed E-state index contributed by atoms with van der Waals surface area (Å²) in [6.45, 7) is 4.21. The fourth-order valence-corrected chi connectivity index (χ4v) is 2.77. The van der Waals surface area contributed by atoms with Crippen molar-refractivity contribution in [3.8, 4) is 22.8 Å². The van der Waals surface area contributed by atoms with E-state index in [0.717, 1.165) is 40.0 Å². The highest BCUT2D eigenvalue weighted by atomic mass is 16.3. The van der Waals surface area contributed by atoms with Crippen LogP contribution in [0.4, 0.5) is 0 Å². The van der Waals surface area contributed by atoms with Gasteiger partial charge in [-0.25, -0.2) is 4.98 Å². The molecule has 23 heavy (non-hydrogen) atoms. The first-order valence-corrected chi connectivity index (χ1v) is 7.79. The van der Waals surface area contributed by atoms with Crippen LogP contribution in [-0.4, -0.2) is 4.98 Å². The molecule has 0 radical (unpaired) electrons. The minimum atomic E-state index is 0.640. The fraction of sp³-hybridized carbons (Fsp3) is 0.150. The summed E-state index contributed by atoms with van der Waals surface area (Å²) in [6.07, 6.45) is 2.68. The molecule has 0 bridgehead atoms. The minimum Gasteiger partial charge on any atom is -0.464 e. The van der Waals surface area contributed by atoms with E-state index in [9.17, 15) is 0 Å². The Morgan fingerprint density at radius 3 is 2.74 bits per heavy atom. The van der Waals surface area contributed by atoms with Crippen molar-refractivity contribution in [1.29, 1.82) is 0 Å². The summed E-state index contributed by atoms with van der Waals surface area (Å²) in [5.41, 5.74) is 6.16. The number of aryl methyl sites for hydroxylation is 2. The first kappa shape index (κ1) is 13.8. The van der Waals surface area contributed by atoms with Gasteiger partial charge in [0.2, 0.25) is 5.89 Å². The maximum atomic E-state index is 5.92. The highest BCUT2D eigenvalue weighted by molar-refractivity contribution is 5.78. The van der Waals surface area contributed by atoms with Crippen molar-refractivity contribution in [1.82, 2.24) is 4.98 Å². The quantitative estimate of drug-likeness (QED) is 0.492. The van der Waals surface area contributed by atoms with Gasteiger partial charge in [0.05, 0.1) is 6.26 Å². The maximum absolute atomic E-state index is 5.92. The molecule has 4 rings (SSSR count). The van der Waals surface area contributed by atoms with Crippen molar-refractivity contribution in [2.75, 3.05) is 0 Å². The van der Waals surface area contributed by atoms with E-state index in [1.807, 2.05) is 24.3 Å². The van der Waals surface area contributed by atoms with Gasteiger partial charge < -0.3 is 8.83 Å². The summed E-state index contributed by atoms with van der Waals surface area (Å²) < 4.78 is 11.5. The Kier molecular flexibility index (Phi) is 3.27. The number of hydrogen-bond donors (Lipinski definition) is 0. The van der Waals surface area contributed by atoms with Crippen LogP contribution in [0.5, 0.6) is 0 Å². The average Bonchev–Trinajstić information content (AvgIpc) is 3.24. The molecule has 3 heteroatoms. The second kappa shape index (κ2) is 5.43. The van der Waals surface area contributed by atoms with Crippen LogP contribution in [-0.2, 0) is 6.42 Å². The second-order valence-electron chi connectivity index (χ2n) is 5.68. The van der Waals surface area contributed by atoms with Crippen LogP contribution in [0.15, 0.2) is 63.6 Å². The molecule has 2 heterocycles. The van der Waals surface area contributed by atoms with Gasteiger partial charge >= 0.3 is 0 Å². The highest BCUT2D eigenvalue weighted by Gasteiger charge is 2.12. The highest BCUT2D eigenvalue weighted by Crippen LogP contribution is 2.31. The lowest BCUT2D eigenvalue weighted by atomic mass is 10.0. The fourth-order valence-electron chi connectivity index (χ4n) is 2.77. The van der Waals surface area contributed by atoms with Crippen molar-refractivity contribution in [3.05, 3.63) is 65.9 Å². The van der Waals surface area contributed by atoms with E-state index >= 15 is 0 Å². The summed E-state index contributed by atoms with van der Waals surface area (Å²) in [7, 11) is 0. The summed E-state index contributed by atoms with van der Waals surface area (Å²) in [5, 5.41) is 0. The van der Waals surface area contributed by atoms with Crippen molar-refractivity contribution >= 4 is 11.1 Å². The van der Waals surface area contributed by atoms with Crippen molar-refractivity contribution in [2.24, 2.45) is 0 Å². The lowest BCUT2D eigenvalue weighted by Gasteiger charge is -2.04. The van der Waals surface area contributed by atoms with Crippen LogP contribution >= 0.6 is 0 Å². The van der Waals surface area contributed by atoms with Crippen LogP contribution < -0.4 is 0 Å². The van der Waals surface area contributed by atoms with Gasteiger partial charge in [-0.05, 0) is 60.9 Å². The van der Waals surface area contributed by atoms with Crippen molar-refractivity contribution < 1.29 is 8.83 Å². The summed E-state index contributed by atoms with van der Waals surface area (Å²) in [6, 6.07) is 16.2.